The van der Waals surface area contributed by atoms with Crippen molar-refractivity contribution in [2.75, 3.05) is 19.6 Å². The summed E-state index contributed by atoms with van der Waals surface area (Å²) in [5.41, 5.74) is -0.341. The maximum atomic E-state index is 13.4. The Kier molecular flexibility index (Phi) is 4.21. The van der Waals surface area contributed by atoms with E-state index in [4.69, 9.17) is 0 Å². The molecule has 3 heterocycles. The van der Waals surface area contributed by atoms with Crippen LogP contribution >= 0.6 is 0 Å². The minimum atomic E-state index is -3.85. The molecule has 8 heteroatoms. The van der Waals surface area contributed by atoms with Gasteiger partial charge in [-0.15, -0.1) is 0 Å². The molecular formula is C17H19F2N3O2S. The number of nitrogens with one attached hydrogen (secondary N) is 1. The van der Waals surface area contributed by atoms with Crippen molar-refractivity contribution in [2.45, 2.75) is 30.2 Å². The molecule has 1 N–H and O–H groups in total. The van der Waals surface area contributed by atoms with E-state index >= 15 is 0 Å². The van der Waals surface area contributed by atoms with Crippen LogP contribution < -0.4 is 5.32 Å². The van der Waals surface area contributed by atoms with Crippen LogP contribution in [0.2, 0.25) is 0 Å². The Hall–Kier alpha value is -1.64. The fourth-order valence-corrected chi connectivity index (χ4v) is 5.72. The highest BCUT2D eigenvalue weighted by Crippen LogP contribution is 2.35. The maximum Gasteiger partial charge on any atom is 0.265 e. The molecule has 0 amide bonds. The zero-order valence-corrected chi connectivity index (χ0v) is 14.3. The van der Waals surface area contributed by atoms with E-state index in [2.05, 4.69) is 10.3 Å². The Bertz CT molecular complexity index is 885. The lowest BCUT2D eigenvalue weighted by Crippen LogP contribution is -2.41. The van der Waals surface area contributed by atoms with Crippen LogP contribution in [0.25, 0.3) is 10.8 Å². The van der Waals surface area contributed by atoms with Crippen LogP contribution in [0.4, 0.5) is 8.78 Å². The first-order valence-corrected chi connectivity index (χ1v) is 9.81. The topological polar surface area (TPSA) is 62.3 Å². The number of pyridine rings is 1. The van der Waals surface area contributed by atoms with Gasteiger partial charge >= 0.3 is 0 Å². The minimum absolute atomic E-state index is 0.0543. The maximum absolute atomic E-state index is 13.4. The first-order chi connectivity index (χ1) is 12.0. The van der Waals surface area contributed by atoms with Gasteiger partial charge in [-0.1, -0.05) is 12.1 Å². The fraction of sp³-hybridized carbons (Fsp3) is 0.471. The van der Waals surface area contributed by atoms with Crippen LogP contribution in [-0.2, 0) is 10.0 Å². The molecule has 2 aliphatic rings. The van der Waals surface area contributed by atoms with Gasteiger partial charge in [-0.2, -0.15) is 4.31 Å². The number of piperidine rings is 1. The van der Waals surface area contributed by atoms with Crippen molar-refractivity contribution in [2.24, 2.45) is 5.92 Å². The summed E-state index contributed by atoms with van der Waals surface area (Å²) in [7, 11) is -3.85. The third-order valence-corrected chi connectivity index (χ3v) is 7.07. The van der Waals surface area contributed by atoms with Crippen molar-refractivity contribution in [1.29, 1.82) is 0 Å². The summed E-state index contributed by atoms with van der Waals surface area (Å²) in [6, 6.07) is 4.75. The first-order valence-electron chi connectivity index (χ1n) is 8.37. The summed E-state index contributed by atoms with van der Waals surface area (Å²) in [6.45, 7) is 1.72. The number of aromatic nitrogens is 1. The Morgan fingerprint density at radius 1 is 1.24 bits per heavy atom. The van der Waals surface area contributed by atoms with Gasteiger partial charge in [0.2, 0.25) is 10.0 Å². The number of rotatable bonds is 3. The lowest BCUT2D eigenvalue weighted by molar-refractivity contribution is 0.152. The van der Waals surface area contributed by atoms with Gasteiger partial charge in [-0.05, 0) is 31.4 Å². The third kappa shape index (κ3) is 2.82. The number of halogens is 2. The Morgan fingerprint density at radius 3 is 2.84 bits per heavy atom. The van der Waals surface area contributed by atoms with Gasteiger partial charge in [-0.25, -0.2) is 17.2 Å². The highest BCUT2D eigenvalue weighted by atomic mass is 32.2. The molecule has 4 rings (SSSR count). The number of fused-ring (bicyclic) bond motifs is 2. The first kappa shape index (κ1) is 16.8. The van der Waals surface area contributed by atoms with Crippen LogP contribution in [0.5, 0.6) is 0 Å². The van der Waals surface area contributed by atoms with E-state index in [0.29, 0.717) is 18.5 Å². The lowest BCUT2D eigenvalue weighted by atomic mass is 9.94. The monoisotopic (exact) mass is 367 g/mol. The molecule has 2 fully saturated rings. The van der Waals surface area contributed by atoms with E-state index in [9.17, 15) is 17.2 Å². The largest absolute Gasteiger partial charge is 0.312 e. The summed E-state index contributed by atoms with van der Waals surface area (Å²) in [6.07, 6.45) is 1.72. The predicted octanol–water partition coefficient (Wildman–Crippen LogP) is 2.54. The third-order valence-electron chi connectivity index (χ3n) is 5.19. The van der Waals surface area contributed by atoms with E-state index in [1.807, 2.05) is 0 Å². The highest BCUT2D eigenvalue weighted by Gasteiger charge is 2.40. The minimum Gasteiger partial charge on any atom is -0.312 e. The van der Waals surface area contributed by atoms with Crippen LogP contribution in [0.3, 0.4) is 0 Å². The summed E-state index contributed by atoms with van der Waals surface area (Å²) >= 11 is 0. The van der Waals surface area contributed by atoms with Crippen molar-refractivity contribution >= 4 is 20.8 Å². The van der Waals surface area contributed by atoms with Gasteiger partial charge in [0.05, 0.1) is 4.90 Å². The molecule has 25 heavy (non-hydrogen) atoms. The van der Waals surface area contributed by atoms with Gasteiger partial charge in [0.1, 0.15) is 0 Å². The predicted molar refractivity (Wildman–Crippen MR) is 90.0 cm³/mol. The second kappa shape index (κ2) is 6.26. The number of hydrogen-bond donors (Lipinski definition) is 1. The summed E-state index contributed by atoms with van der Waals surface area (Å²) in [4.78, 5) is 3.76. The molecule has 1 aromatic heterocycles. The van der Waals surface area contributed by atoms with Gasteiger partial charge < -0.3 is 5.32 Å². The Morgan fingerprint density at radius 2 is 2.08 bits per heavy atom. The van der Waals surface area contributed by atoms with E-state index in [0.717, 1.165) is 25.6 Å². The molecule has 0 spiro atoms. The van der Waals surface area contributed by atoms with Crippen LogP contribution in [0, 0.1) is 5.92 Å². The smallest absolute Gasteiger partial charge is 0.265 e. The summed E-state index contributed by atoms with van der Waals surface area (Å²) in [5, 5.41) is 3.86. The zero-order valence-electron chi connectivity index (χ0n) is 13.5. The molecule has 2 aromatic rings. The van der Waals surface area contributed by atoms with E-state index in [1.54, 1.807) is 12.1 Å². The number of alkyl halides is 2. The second-order valence-electron chi connectivity index (χ2n) is 6.67. The fourth-order valence-electron chi connectivity index (χ4n) is 3.95. The van der Waals surface area contributed by atoms with Crippen molar-refractivity contribution in [1.82, 2.24) is 14.6 Å². The molecule has 5 nitrogen and oxygen atoms in total. The van der Waals surface area contributed by atoms with Gasteiger partial charge in [0.25, 0.3) is 6.43 Å². The van der Waals surface area contributed by atoms with Gasteiger partial charge in [0.15, 0.2) is 0 Å². The highest BCUT2D eigenvalue weighted by molar-refractivity contribution is 7.89. The molecule has 1 aromatic carbocycles. The van der Waals surface area contributed by atoms with Crippen molar-refractivity contribution in [3.05, 3.63) is 36.2 Å². The van der Waals surface area contributed by atoms with Gasteiger partial charge in [0, 0.05) is 47.9 Å². The molecular weight excluding hydrogens is 348 g/mol. The molecule has 0 aliphatic carbocycles. The number of benzene rings is 1. The Labute approximate surface area is 145 Å². The molecule has 134 valence electrons. The van der Waals surface area contributed by atoms with Crippen molar-refractivity contribution < 1.29 is 17.2 Å². The molecule has 0 bridgehead atoms. The molecule has 2 aliphatic heterocycles. The van der Waals surface area contributed by atoms with Crippen LogP contribution in [-0.4, -0.2) is 43.4 Å². The summed E-state index contributed by atoms with van der Waals surface area (Å²) < 4.78 is 54.7. The van der Waals surface area contributed by atoms with Crippen LogP contribution in [0.15, 0.2) is 35.5 Å². The van der Waals surface area contributed by atoms with Crippen molar-refractivity contribution in [3.8, 4) is 0 Å². The molecule has 0 unspecified atom stereocenters. The zero-order chi connectivity index (χ0) is 17.6. The number of hydrogen-bond acceptors (Lipinski definition) is 4. The molecule has 0 saturated carbocycles. The molecule has 0 radical (unpaired) electrons. The molecule has 2 saturated heterocycles. The Balaban J connectivity index is 1.81. The average Bonchev–Trinajstić information content (AvgIpc) is 3.05. The SMILES string of the molecule is O=S(=O)(c1cccc2cncc(C(F)F)c12)N1C[C@H]2CCCN[C@H]2C1. The number of nitrogens with zero attached hydrogens (tertiary/aromatic N) is 2. The average molecular weight is 367 g/mol. The van der Waals surface area contributed by atoms with Crippen LogP contribution in [0.1, 0.15) is 24.8 Å². The molecule has 2 atom stereocenters. The quantitative estimate of drug-likeness (QED) is 0.906. The summed E-state index contributed by atoms with van der Waals surface area (Å²) in [5.74, 6) is 0.287. The van der Waals surface area contributed by atoms with Gasteiger partial charge in [-0.3, -0.25) is 4.98 Å². The number of sulfonamides is 1. The normalized spacial score (nSPS) is 24.8. The lowest BCUT2D eigenvalue weighted by Gasteiger charge is -2.24. The van der Waals surface area contributed by atoms with E-state index < -0.39 is 16.4 Å². The van der Waals surface area contributed by atoms with Crippen molar-refractivity contribution in [3.63, 3.8) is 0 Å². The second-order valence-corrected chi connectivity index (χ2v) is 8.57. The van der Waals surface area contributed by atoms with E-state index in [1.165, 1.54) is 16.6 Å². The standard InChI is InChI=1S/C17H19F2N3O2S/c18-17(19)13-8-20-7-11-3-1-5-15(16(11)13)25(23,24)22-9-12-4-2-6-21-14(12)10-22/h1,3,5,7-8,12,14,17,21H,2,4,6,9-10H2/t12-,14+/m1/s1. The van der Waals surface area contributed by atoms with E-state index in [-0.39, 0.29) is 27.8 Å².